The van der Waals surface area contributed by atoms with Crippen LogP contribution in [0.1, 0.15) is 26.3 Å². The molecule has 0 aliphatic carbocycles. The normalized spacial score (nSPS) is 10.6. The average Bonchev–Trinajstić information content (AvgIpc) is 2.37. The molecule has 5 nitrogen and oxygen atoms in total. The SMILES string of the molecule is CCOc1cc(CNCC(C)C)ccc1OCC(N)=O. The lowest BCUT2D eigenvalue weighted by Gasteiger charge is -2.13. The van der Waals surface area contributed by atoms with Crippen LogP contribution >= 0.6 is 0 Å². The smallest absolute Gasteiger partial charge is 0.255 e. The highest BCUT2D eigenvalue weighted by Crippen LogP contribution is 2.28. The molecule has 3 N–H and O–H groups in total. The molecule has 112 valence electrons. The minimum absolute atomic E-state index is 0.148. The van der Waals surface area contributed by atoms with Crippen molar-refractivity contribution < 1.29 is 14.3 Å². The van der Waals surface area contributed by atoms with Crippen molar-refractivity contribution in [1.29, 1.82) is 0 Å². The van der Waals surface area contributed by atoms with Gasteiger partial charge >= 0.3 is 0 Å². The third-order valence-electron chi connectivity index (χ3n) is 2.56. The van der Waals surface area contributed by atoms with Crippen LogP contribution < -0.4 is 20.5 Å². The molecule has 1 amide bonds. The van der Waals surface area contributed by atoms with Crippen molar-refractivity contribution >= 4 is 5.91 Å². The van der Waals surface area contributed by atoms with Gasteiger partial charge in [0.15, 0.2) is 18.1 Å². The van der Waals surface area contributed by atoms with Crippen LogP contribution in [0.2, 0.25) is 0 Å². The third-order valence-corrected chi connectivity index (χ3v) is 2.56. The number of carbonyl (C=O) groups excluding carboxylic acids is 1. The molecule has 0 saturated carbocycles. The van der Waals surface area contributed by atoms with E-state index < -0.39 is 5.91 Å². The number of hydrogen-bond acceptors (Lipinski definition) is 4. The van der Waals surface area contributed by atoms with Crippen molar-refractivity contribution in [2.75, 3.05) is 19.8 Å². The van der Waals surface area contributed by atoms with E-state index >= 15 is 0 Å². The van der Waals surface area contributed by atoms with Crippen molar-refractivity contribution in [1.82, 2.24) is 5.32 Å². The summed E-state index contributed by atoms with van der Waals surface area (Å²) in [5.74, 6) is 1.28. The maximum Gasteiger partial charge on any atom is 0.255 e. The first-order chi connectivity index (χ1) is 9.52. The van der Waals surface area contributed by atoms with Crippen LogP contribution in [0, 0.1) is 5.92 Å². The molecule has 0 saturated heterocycles. The number of ether oxygens (including phenoxy) is 2. The van der Waals surface area contributed by atoms with E-state index in [4.69, 9.17) is 15.2 Å². The molecule has 0 spiro atoms. The molecule has 0 aliphatic heterocycles. The van der Waals surface area contributed by atoms with E-state index in [0.29, 0.717) is 24.0 Å². The molecule has 0 bridgehead atoms. The lowest BCUT2D eigenvalue weighted by Crippen LogP contribution is -2.20. The second-order valence-corrected chi connectivity index (χ2v) is 4.99. The maximum atomic E-state index is 10.8. The topological polar surface area (TPSA) is 73.6 Å². The van der Waals surface area contributed by atoms with Gasteiger partial charge in [-0.25, -0.2) is 0 Å². The van der Waals surface area contributed by atoms with Crippen LogP contribution in [-0.2, 0) is 11.3 Å². The molecule has 1 aromatic rings. The Morgan fingerprint density at radius 1 is 1.30 bits per heavy atom. The lowest BCUT2D eigenvalue weighted by molar-refractivity contribution is -0.119. The van der Waals surface area contributed by atoms with Gasteiger partial charge in [-0.15, -0.1) is 0 Å². The van der Waals surface area contributed by atoms with Gasteiger partial charge in [-0.2, -0.15) is 0 Å². The fraction of sp³-hybridized carbons (Fsp3) is 0.533. The number of carbonyl (C=O) groups is 1. The van der Waals surface area contributed by atoms with E-state index in [1.165, 1.54) is 0 Å². The number of hydrogen-bond donors (Lipinski definition) is 2. The highest BCUT2D eigenvalue weighted by Gasteiger charge is 2.08. The number of nitrogens with one attached hydrogen (secondary N) is 1. The Kier molecular flexibility index (Phi) is 6.87. The Morgan fingerprint density at radius 3 is 2.65 bits per heavy atom. The second kappa shape index (κ2) is 8.43. The summed E-state index contributed by atoms with van der Waals surface area (Å²) in [5, 5.41) is 3.37. The van der Waals surface area contributed by atoms with Crippen molar-refractivity contribution in [3.05, 3.63) is 23.8 Å². The summed E-state index contributed by atoms with van der Waals surface area (Å²) >= 11 is 0. The molecule has 1 aromatic carbocycles. The predicted octanol–water partition coefficient (Wildman–Crippen LogP) is 1.69. The van der Waals surface area contributed by atoms with Crippen molar-refractivity contribution in [3.8, 4) is 11.5 Å². The second-order valence-electron chi connectivity index (χ2n) is 4.99. The molecule has 20 heavy (non-hydrogen) atoms. The lowest BCUT2D eigenvalue weighted by atomic mass is 10.2. The summed E-state index contributed by atoms with van der Waals surface area (Å²) in [6.07, 6.45) is 0. The molecule has 0 radical (unpaired) electrons. The van der Waals surface area contributed by atoms with Gasteiger partial charge < -0.3 is 20.5 Å². The van der Waals surface area contributed by atoms with Crippen molar-refractivity contribution in [3.63, 3.8) is 0 Å². The Balaban J connectivity index is 2.70. The Bertz CT molecular complexity index is 433. The quantitative estimate of drug-likeness (QED) is 0.722. The van der Waals surface area contributed by atoms with E-state index in [9.17, 15) is 4.79 Å². The fourth-order valence-electron chi connectivity index (χ4n) is 1.70. The van der Waals surface area contributed by atoms with Crippen molar-refractivity contribution in [2.24, 2.45) is 11.7 Å². The Morgan fingerprint density at radius 2 is 2.05 bits per heavy atom. The monoisotopic (exact) mass is 280 g/mol. The summed E-state index contributed by atoms with van der Waals surface area (Å²) in [4.78, 5) is 10.8. The van der Waals surface area contributed by atoms with Gasteiger partial charge in [0, 0.05) is 6.54 Å². The molecular formula is C15H24N2O3. The first-order valence-electron chi connectivity index (χ1n) is 6.90. The highest BCUT2D eigenvalue weighted by atomic mass is 16.5. The van der Waals surface area contributed by atoms with Crippen LogP contribution in [0.3, 0.4) is 0 Å². The minimum Gasteiger partial charge on any atom is -0.490 e. The van der Waals surface area contributed by atoms with Crippen molar-refractivity contribution in [2.45, 2.75) is 27.3 Å². The van der Waals surface area contributed by atoms with E-state index in [-0.39, 0.29) is 6.61 Å². The maximum absolute atomic E-state index is 10.8. The number of benzene rings is 1. The summed E-state index contributed by atoms with van der Waals surface area (Å²) < 4.78 is 10.9. The van der Waals surface area contributed by atoms with Crippen LogP contribution in [0.5, 0.6) is 11.5 Å². The van der Waals surface area contributed by atoms with Gasteiger partial charge in [0.05, 0.1) is 6.61 Å². The number of primary amides is 1. The first-order valence-corrected chi connectivity index (χ1v) is 6.90. The first kappa shape index (κ1) is 16.3. The van der Waals surface area contributed by atoms with Gasteiger partial charge in [0.25, 0.3) is 5.91 Å². The van der Waals surface area contributed by atoms with Gasteiger partial charge in [0.2, 0.25) is 0 Å². The van der Waals surface area contributed by atoms with Crippen LogP contribution in [0.25, 0.3) is 0 Å². The standard InChI is InChI=1S/C15H24N2O3/c1-4-19-14-7-12(9-17-8-11(2)3)5-6-13(14)20-10-15(16)18/h5-7,11,17H,4,8-10H2,1-3H3,(H2,16,18). The van der Waals surface area contributed by atoms with Crippen LogP contribution in [-0.4, -0.2) is 25.7 Å². The van der Waals surface area contributed by atoms with Gasteiger partial charge in [-0.05, 0) is 37.1 Å². The summed E-state index contributed by atoms with van der Waals surface area (Å²) in [5.41, 5.74) is 6.19. The molecule has 0 aromatic heterocycles. The minimum atomic E-state index is -0.505. The molecule has 0 unspecified atom stereocenters. The third kappa shape index (κ3) is 5.93. The van der Waals surface area contributed by atoms with E-state index in [2.05, 4.69) is 19.2 Å². The number of rotatable bonds is 9. The summed E-state index contributed by atoms with van der Waals surface area (Å²) in [6, 6.07) is 5.68. The Labute approximate surface area is 120 Å². The molecular weight excluding hydrogens is 256 g/mol. The van der Waals surface area contributed by atoms with Crippen LogP contribution in [0.15, 0.2) is 18.2 Å². The molecule has 0 heterocycles. The highest BCUT2D eigenvalue weighted by molar-refractivity contribution is 5.75. The predicted molar refractivity (Wildman–Crippen MR) is 78.8 cm³/mol. The zero-order valence-electron chi connectivity index (χ0n) is 12.4. The molecule has 5 heteroatoms. The van der Waals surface area contributed by atoms with E-state index in [1.807, 2.05) is 19.1 Å². The fourth-order valence-corrected chi connectivity index (χ4v) is 1.70. The zero-order chi connectivity index (χ0) is 15.0. The molecule has 0 aliphatic rings. The Hall–Kier alpha value is -1.75. The largest absolute Gasteiger partial charge is 0.490 e. The van der Waals surface area contributed by atoms with Crippen LogP contribution in [0.4, 0.5) is 0 Å². The molecule has 0 atom stereocenters. The molecule has 1 rings (SSSR count). The summed E-state index contributed by atoms with van der Waals surface area (Å²) in [7, 11) is 0. The van der Waals surface area contributed by atoms with E-state index in [1.54, 1.807) is 6.07 Å². The number of amides is 1. The average molecular weight is 280 g/mol. The van der Waals surface area contributed by atoms with E-state index in [0.717, 1.165) is 18.7 Å². The zero-order valence-corrected chi connectivity index (χ0v) is 12.4. The van der Waals surface area contributed by atoms with Gasteiger partial charge in [-0.3, -0.25) is 4.79 Å². The van der Waals surface area contributed by atoms with Gasteiger partial charge in [-0.1, -0.05) is 19.9 Å². The number of nitrogens with two attached hydrogens (primary N) is 1. The molecule has 0 fully saturated rings. The summed E-state index contributed by atoms with van der Waals surface area (Å²) in [6.45, 7) is 8.36. The van der Waals surface area contributed by atoms with Gasteiger partial charge in [0.1, 0.15) is 0 Å².